The smallest absolute Gasteiger partial charge is 0.251 e. The minimum atomic E-state index is -0.0505. The molecule has 1 aromatic carbocycles. The molecule has 6 heteroatoms. The third kappa shape index (κ3) is 5.45. The van der Waals surface area contributed by atoms with Gasteiger partial charge in [0.25, 0.3) is 5.91 Å². The lowest BCUT2D eigenvalue weighted by Crippen LogP contribution is -2.51. The fourth-order valence-electron chi connectivity index (χ4n) is 2.53. The van der Waals surface area contributed by atoms with E-state index < -0.39 is 0 Å². The second-order valence-corrected chi connectivity index (χ2v) is 6.72. The topological polar surface area (TPSA) is 50.4 Å². The molecular formula is C16H24BrClN2O2. The third-order valence-corrected chi connectivity index (χ3v) is 4.04. The molecule has 0 bridgehead atoms. The number of nitrogens with one attached hydrogen (secondary N) is 2. The molecule has 1 heterocycles. The summed E-state index contributed by atoms with van der Waals surface area (Å²) in [6, 6.07) is 5.98. The van der Waals surface area contributed by atoms with Crippen molar-refractivity contribution in [2.75, 3.05) is 6.54 Å². The van der Waals surface area contributed by atoms with E-state index in [9.17, 15) is 4.79 Å². The van der Waals surface area contributed by atoms with Gasteiger partial charge in [0.15, 0.2) is 0 Å². The quantitative estimate of drug-likeness (QED) is 0.825. The van der Waals surface area contributed by atoms with Crippen LogP contribution in [0.2, 0.25) is 0 Å². The Kier molecular flexibility index (Phi) is 7.66. The number of rotatable bonds is 4. The minimum Gasteiger partial charge on any atom is -0.491 e. The second-order valence-electron chi connectivity index (χ2n) is 5.81. The van der Waals surface area contributed by atoms with Crippen LogP contribution < -0.4 is 15.4 Å². The third-order valence-electron chi connectivity index (χ3n) is 3.58. The van der Waals surface area contributed by atoms with E-state index in [4.69, 9.17) is 4.74 Å². The molecule has 2 atom stereocenters. The van der Waals surface area contributed by atoms with Crippen LogP contribution >= 0.6 is 28.3 Å². The van der Waals surface area contributed by atoms with E-state index >= 15 is 0 Å². The summed E-state index contributed by atoms with van der Waals surface area (Å²) in [5.41, 5.74) is 0.623. The molecule has 1 aliphatic rings. The summed E-state index contributed by atoms with van der Waals surface area (Å²) in [6.45, 7) is 7.07. The zero-order valence-electron chi connectivity index (χ0n) is 13.2. The van der Waals surface area contributed by atoms with Gasteiger partial charge in [0.2, 0.25) is 0 Å². The molecule has 1 aromatic rings. The van der Waals surface area contributed by atoms with Gasteiger partial charge in [-0.2, -0.15) is 0 Å². The normalized spacial score (nSPS) is 21.1. The summed E-state index contributed by atoms with van der Waals surface area (Å²) in [6.07, 6.45) is 2.19. The lowest BCUT2D eigenvalue weighted by molar-refractivity contribution is 0.0919. The summed E-state index contributed by atoms with van der Waals surface area (Å²) >= 11 is 3.44. The van der Waals surface area contributed by atoms with Crippen molar-refractivity contribution < 1.29 is 9.53 Å². The van der Waals surface area contributed by atoms with Gasteiger partial charge in [0.1, 0.15) is 5.75 Å². The Bertz CT molecular complexity index is 511. The highest BCUT2D eigenvalue weighted by Crippen LogP contribution is 2.23. The van der Waals surface area contributed by atoms with Crippen LogP contribution in [0.25, 0.3) is 0 Å². The first-order valence-corrected chi connectivity index (χ1v) is 8.26. The second kappa shape index (κ2) is 8.75. The molecule has 2 unspecified atom stereocenters. The number of ether oxygens (including phenoxy) is 1. The number of hydrogen-bond donors (Lipinski definition) is 2. The highest BCUT2D eigenvalue weighted by molar-refractivity contribution is 9.10. The van der Waals surface area contributed by atoms with E-state index in [0.29, 0.717) is 17.4 Å². The van der Waals surface area contributed by atoms with Crippen LogP contribution in [0.3, 0.4) is 0 Å². The molecule has 1 amide bonds. The summed E-state index contributed by atoms with van der Waals surface area (Å²) in [4.78, 5) is 12.4. The van der Waals surface area contributed by atoms with E-state index in [1.165, 1.54) is 0 Å². The number of carbonyl (C=O) groups is 1. The first kappa shape index (κ1) is 19.3. The SMILES string of the molecule is CC(C)Oc1cc(Br)cc(C(=O)NC2CCCNC2C)c1.Cl. The molecule has 22 heavy (non-hydrogen) atoms. The van der Waals surface area contributed by atoms with Crippen molar-refractivity contribution in [3.05, 3.63) is 28.2 Å². The van der Waals surface area contributed by atoms with Gasteiger partial charge < -0.3 is 15.4 Å². The van der Waals surface area contributed by atoms with Gasteiger partial charge in [-0.1, -0.05) is 15.9 Å². The molecule has 2 rings (SSSR count). The molecule has 4 nitrogen and oxygen atoms in total. The average molecular weight is 392 g/mol. The van der Waals surface area contributed by atoms with Crippen molar-refractivity contribution in [1.82, 2.24) is 10.6 Å². The largest absolute Gasteiger partial charge is 0.491 e. The van der Waals surface area contributed by atoms with E-state index in [2.05, 4.69) is 33.5 Å². The molecule has 1 fully saturated rings. The number of amides is 1. The maximum Gasteiger partial charge on any atom is 0.251 e. The van der Waals surface area contributed by atoms with Crippen molar-refractivity contribution in [3.8, 4) is 5.75 Å². The molecule has 0 radical (unpaired) electrons. The van der Waals surface area contributed by atoms with Gasteiger partial charge in [-0.15, -0.1) is 12.4 Å². The maximum absolute atomic E-state index is 12.4. The van der Waals surface area contributed by atoms with Crippen LogP contribution in [0.4, 0.5) is 0 Å². The predicted molar refractivity (Wildman–Crippen MR) is 95.1 cm³/mol. The molecule has 0 spiro atoms. The van der Waals surface area contributed by atoms with Crippen LogP contribution in [-0.2, 0) is 0 Å². The lowest BCUT2D eigenvalue weighted by Gasteiger charge is -2.30. The van der Waals surface area contributed by atoms with E-state index in [1.807, 2.05) is 26.0 Å². The van der Waals surface area contributed by atoms with E-state index in [0.717, 1.165) is 23.9 Å². The van der Waals surface area contributed by atoms with Gasteiger partial charge in [-0.3, -0.25) is 4.79 Å². The first-order chi connectivity index (χ1) is 9.95. The van der Waals surface area contributed by atoms with E-state index in [-0.39, 0.29) is 30.5 Å². The van der Waals surface area contributed by atoms with E-state index in [1.54, 1.807) is 6.07 Å². The summed E-state index contributed by atoms with van der Waals surface area (Å²) in [5.74, 6) is 0.657. The first-order valence-electron chi connectivity index (χ1n) is 7.47. The van der Waals surface area contributed by atoms with Gasteiger partial charge in [-0.05, 0) is 58.4 Å². The van der Waals surface area contributed by atoms with Crippen LogP contribution in [0.15, 0.2) is 22.7 Å². The monoisotopic (exact) mass is 390 g/mol. The van der Waals surface area contributed by atoms with Gasteiger partial charge >= 0.3 is 0 Å². The predicted octanol–water partition coefficient (Wildman–Crippen LogP) is 3.53. The number of carbonyl (C=O) groups excluding carboxylic acids is 1. The number of halogens is 2. The van der Waals surface area contributed by atoms with Crippen LogP contribution in [0.5, 0.6) is 5.75 Å². The minimum absolute atomic E-state index is 0. The molecular weight excluding hydrogens is 368 g/mol. The molecule has 0 aromatic heterocycles. The average Bonchev–Trinajstić information content (AvgIpc) is 2.40. The van der Waals surface area contributed by atoms with Crippen molar-refractivity contribution in [2.45, 2.75) is 51.8 Å². The zero-order valence-corrected chi connectivity index (χ0v) is 15.6. The summed E-state index contributed by atoms with van der Waals surface area (Å²) < 4.78 is 6.52. The Morgan fingerprint density at radius 2 is 2.14 bits per heavy atom. The van der Waals surface area contributed by atoms with Gasteiger partial charge in [-0.25, -0.2) is 0 Å². The number of piperidine rings is 1. The highest BCUT2D eigenvalue weighted by Gasteiger charge is 2.23. The number of hydrogen-bond acceptors (Lipinski definition) is 3. The Labute approximate surface area is 146 Å². The van der Waals surface area contributed by atoms with Crippen LogP contribution in [-0.4, -0.2) is 30.6 Å². The fourth-order valence-corrected chi connectivity index (χ4v) is 3.00. The Morgan fingerprint density at radius 1 is 1.41 bits per heavy atom. The number of benzene rings is 1. The molecule has 1 aliphatic heterocycles. The van der Waals surface area contributed by atoms with Gasteiger partial charge in [0.05, 0.1) is 6.10 Å². The standard InChI is InChI=1S/C16H23BrN2O2.ClH/c1-10(2)21-14-8-12(7-13(17)9-14)16(20)19-15-5-4-6-18-11(15)3;/h7-11,15,18H,4-6H2,1-3H3,(H,19,20);1H. The highest BCUT2D eigenvalue weighted by atomic mass is 79.9. The van der Waals surface area contributed by atoms with Crippen LogP contribution in [0.1, 0.15) is 44.0 Å². The zero-order chi connectivity index (χ0) is 15.4. The summed E-state index contributed by atoms with van der Waals surface area (Å²) in [5, 5.41) is 6.50. The Hall–Kier alpha value is -0.780. The molecule has 2 N–H and O–H groups in total. The Balaban J connectivity index is 0.00000242. The lowest BCUT2D eigenvalue weighted by atomic mass is 9.99. The van der Waals surface area contributed by atoms with Crippen LogP contribution in [0, 0.1) is 0 Å². The molecule has 124 valence electrons. The van der Waals surface area contributed by atoms with Gasteiger partial charge in [0, 0.05) is 22.1 Å². The Morgan fingerprint density at radius 3 is 2.77 bits per heavy atom. The maximum atomic E-state index is 12.4. The molecule has 0 saturated carbocycles. The summed E-state index contributed by atoms with van der Waals surface area (Å²) in [7, 11) is 0. The van der Waals surface area contributed by atoms with Crippen molar-refractivity contribution in [3.63, 3.8) is 0 Å². The van der Waals surface area contributed by atoms with Crippen molar-refractivity contribution in [2.24, 2.45) is 0 Å². The molecule has 1 saturated heterocycles. The van der Waals surface area contributed by atoms with Crippen molar-refractivity contribution >= 4 is 34.2 Å². The van der Waals surface area contributed by atoms with Crippen molar-refractivity contribution in [1.29, 1.82) is 0 Å². The fraction of sp³-hybridized carbons (Fsp3) is 0.562. The molecule has 0 aliphatic carbocycles.